The van der Waals surface area contributed by atoms with Crippen LogP contribution in [0, 0.1) is 6.92 Å². The van der Waals surface area contributed by atoms with Crippen LogP contribution in [0.25, 0.3) is 16.6 Å². The molecule has 0 aliphatic rings. The molecule has 0 saturated heterocycles. The minimum absolute atomic E-state index is 0.101. The van der Waals surface area contributed by atoms with E-state index in [4.69, 9.17) is 16.6 Å². The summed E-state index contributed by atoms with van der Waals surface area (Å²) in [6, 6.07) is 20.4. The van der Waals surface area contributed by atoms with Crippen LogP contribution in [0.3, 0.4) is 0 Å². The van der Waals surface area contributed by atoms with E-state index >= 15 is 0 Å². The predicted octanol–water partition coefficient (Wildman–Crippen LogP) is 5.64. The first-order chi connectivity index (χ1) is 15.5. The number of hydrogen-bond acceptors (Lipinski definition) is 4. The third-order valence-corrected chi connectivity index (χ3v) is 6.33. The fourth-order valence-electron chi connectivity index (χ4n) is 3.36. The van der Waals surface area contributed by atoms with E-state index < -0.39 is 0 Å². The zero-order chi connectivity index (χ0) is 22.7. The number of nitrogens with zero attached hydrogens (tertiary/aromatic N) is 2. The maximum atomic E-state index is 13.3. The number of thioether (sulfide) groups is 1. The van der Waals surface area contributed by atoms with Crippen molar-refractivity contribution in [3.63, 3.8) is 0 Å². The lowest BCUT2D eigenvalue weighted by molar-refractivity contribution is -0.113. The Morgan fingerprint density at radius 3 is 2.59 bits per heavy atom. The number of benzene rings is 3. The average molecular weight is 464 g/mol. The van der Waals surface area contributed by atoms with Crippen molar-refractivity contribution in [2.24, 2.45) is 0 Å². The molecule has 0 bridgehead atoms. The molecule has 162 valence electrons. The van der Waals surface area contributed by atoms with Crippen molar-refractivity contribution in [1.82, 2.24) is 9.55 Å². The van der Waals surface area contributed by atoms with E-state index in [2.05, 4.69) is 12.2 Å². The summed E-state index contributed by atoms with van der Waals surface area (Å²) in [5.74, 6) is -0.0975. The Morgan fingerprint density at radius 1 is 1.09 bits per heavy atom. The summed E-state index contributed by atoms with van der Waals surface area (Å²) in [7, 11) is 0. The maximum Gasteiger partial charge on any atom is 0.266 e. The van der Waals surface area contributed by atoms with Gasteiger partial charge in [-0.3, -0.25) is 14.2 Å². The summed E-state index contributed by atoms with van der Waals surface area (Å²) in [4.78, 5) is 30.6. The number of rotatable bonds is 6. The molecular weight excluding hydrogens is 442 g/mol. The zero-order valence-electron chi connectivity index (χ0n) is 17.8. The smallest absolute Gasteiger partial charge is 0.266 e. The number of hydrogen-bond donors (Lipinski definition) is 1. The Hall–Kier alpha value is -3.09. The number of anilines is 1. The highest BCUT2D eigenvalue weighted by Crippen LogP contribution is 2.24. The molecule has 0 fully saturated rings. The molecule has 0 spiro atoms. The van der Waals surface area contributed by atoms with Crippen molar-refractivity contribution in [2.75, 3.05) is 11.1 Å². The van der Waals surface area contributed by atoms with E-state index in [1.54, 1.807) is 28.8 Å². The van der Waals surface area contributed by atoms with Gasteiger partial charge in [-0.05, 0) is 60.9 Å². The summed E-state index contributed by atoms with van der Waals surface area (Å²) in [5, 5.41) is 4.45. The number of amides is 1. The molecule has 7 heteroatoms. The van der Waals surface area contributed by atoms with Gasteiger partial charge in [-0.15, -0.1) is 0 Å². The van der Waals surface area contributed by atoms with E-state index in [0.29, 0.717) is 26.8 Å². The number of halogens is 1. The first kappa shape index (κ1) is 22.1. The van der Waals surface area contributed by atoms with Crippen LogP contribution in [0.15, 0.2) is 76.7 Å². The van der Waals surface area contributed by atoms with Crippen LogP contribution < -0.4 is 10.9 Å². The van der Waals surface area contributed by atoms with Crippen molar-refractivity contribution in [2.45, 2.75) is 25.4 Å². The molecule has 1 N–H and O–H groups in total. The van der Waals surface area contributed by atoms with Gasteiger partial charge in [0.1, 0.15) is 0 Å². The minimum Gasteiger partial charge on any atom is -0.325 e. The summed E-state index contributed by atoms with van der Waals surface area (Å²) in [6.45, 7) is 3.99. The van der Waals surface area contributed by atoms with Crippen molar-refractivity contribution in [1.29, 1.82) is 0 Å². The lowest BCUT2D eigenvalue weighted by Crippen LogP contribution is -2.23. The Balaban J connectivity index is 1.67. The van der Waals surface area contributed by atoms with Crippen LogP contribution >= 0.6 is 23.4 Å². The van der Waals surface area contributed by atoms with Gasteiger partial charge in [-0.1, -0.05) is 60.6 Å². The third-order valence-electron chi connectivity index (χ3n) is 5.15. The standard InChI is InChI=1S/C25H22ClN3O2S/c1-3-17-9-12-19(13-10-17)29-24(31)20-6-4-5-7-21(20)28-25(29)32-15-23(30)27-22-14-18(26)11-8-16(22)2/h4-14H,3,15H2,1-2H3,(H,27,30). The van der Waals surface area contributed by atoms with E-state index in [1.807, 2.05) is 49.4 Å². The van der Waals surface area contributed by atoms with Crippen LogP contribution in [-0.2, 0) is 11.2 Å². The van der Waals surface area contributed by atoms with Crippen molar-refractivity contribution >= 4 is 45.9 Å². The van der Waals surface area contributed by atoms with Crippen LogP contribution in [0.4, 0.5) is 5.69 Å². The molecule has 4 rings (SSSR count). The molecule has 4 aromatic rings. The highest BCUT2D eigenvalue weighted by atomic mass is 35.5. The van der Waals surface area contributed by atoms with Gasteiger partial charge in [0.15, 0.2) is 5.16 Å². The quantitative estimate of drug-likeness (QED) is 0.297. The zero-order valence-corrected chi connectivity index (χ0v) is 19.3. The van der Waals surface area contributed by atoms with Crippen LogP contribution in [-0.4, -0.2) is 21.2 Å². The molecule has 0 atom stereocenters. The van der Waals surface area contributed by atoms with Gasteiger partial charge in [0.05, 0.1) is 22.3 Å². The second kappa shape index (κ2) is 9.59. The van der Waals surface area contributed by atoms with Crippen LogP contribution in [0.5, 0.6) is 0 Å². The van der Waals surface area contributed by atoms with E-state index in [0.717, 1.165) is 17.7 Å². The lowest BCUT2D eigenvalue weighted by Gasteiger charge is -2.14. The topological polar surface area (TPSA) is 64.0 Å². The maximum absolute atomic E-state index is 13.3. The molecule has 0 saturated carbocycles. The largest absolute Gasteiger partial charge is 0.325 e. The number of aromatic nitrogens is 2. The fraction of sp³-hybridized carbons (Fsp3) is 0.160. The highest BCUT2D eigenvalue weighted by Gasteiger charge is 2.15. The summed E-state index contributed by atoms with van der Waals surface area (Å²) in [5.41, 5.74) is 3.94. The van der Waals surface area contributed by atoms with Gasteiger partial charge < -0.3 is 5.32 Å². The number of carbonyl (C=O) groups is 1. The molecule has 0 unspecified atom stereocenters. The molecular formula is C25H22ClN3O2S. The van der Waals surface area contributed by atoms with Gasteiger partial charge in [0.25, 0.3) is 5.56 Å². The Bertz CT molecular complexity index is 1350. The van der Waals surface area contributed by atoms with E-state index in [-0.39, 0.29) is 17.2 Å². The fourth-order valence-corrected chi connectivity index (χ4v) is 4.35. The second-order valence-corrected chi connectivity index (χ2v) is 8.75. The number of para-hydroxylation sites is 1. The number of aryl methyl sites for hydroxylation is 2. The molecule has 1 aromatic heterocycles. The molecule has 5 nitrogen and oxygen atoms in total. The predicted molar refractivity (Wildman–Crippen MR) is 132 cm³/mol. The SMILES string of the molecule is CCc1ccc(-n2c(SCC(=O)Nc3cc(Cl)ccc3C)nc3ccccc3c2=O)cc1. The molecule has 3 aromatic carbocycles. The summed E-state index contributed by atoms with van der Waals surface area (Å²) >= 11 is 7.28. The molecule has 32 heavy (non-hydrogen) atoms. The average Bonchev–Trinajstić information content (AvgIpc) is 2.80. The molecule has 0 radical (unpaired) electrons. The first-order valence-electron chi connectivity index (χ1n) is 10.3. The Morgan fingerprint density at radius 2 is 1.84 bits per heavy atom. The van der Waals surface area contributed by atoms with Crippen molar-refractivity contribution in [3.8, 4) is 5.69 Å². The number of carbonyl (C=O) groups excluding carboxylic acids is 1. The normalized spacial score (nSPS) is 11.0. The highest BCUT2D eigenvalue weighted by molar-refractivity contribution is 7.99. The first-order valence-corrected chi connectivity index (χ1v) is 11.6. The monoisotopic (exact) mass is 463 g/mol. The Labute approximate surface area is 195 Å². The van der Waals surface area contributed by atoms with E-state index in [9.17, 15) is 9.59 Å². The van der Waals surface area contributed by atoms with Gasteiger partial charge >= 0.3 is 0 Å². The van der Waals surface area contributed by atoms with Crippen LogP contribution in [0.2, 0.25) is 5.02 Å². The number of fused-ring (bicyclic) bond motifs is 1. The second-order valence-electron chi connectivity index (χ2n) is 7.37. The third kappa shape index (κ3) is 4.71. The summed E-state index contributed by atoms with van der Waals surface area (Å²) < 4.78 is 1.57. The minimum atomic E-state index is -0.198. The Kier molecular flexibility index (Phi) is 6.63. The van der Waals surface area contributed by atoms with Gasteiger partial charge in [0, 0.05) is 10.7 Å². The lowest BCUT2D eigenvalue weighted by atomic mass is 10.1. The number of nitrogens with one attached hydrogen (secondary N) is 1. The van der Waals surface area contributed by atoms with E-state index in [1.165, 1.54) is 17.3 Å². The molecule has 1 heterocycles. The summed E-state index contributed by atoms with van der Waals surface area (Å²) in [6.07, 6.45) is 0.913. The van der Waals surface area contributed by atoms with Gasteiger partial charge in [-0.2, -0.15) is 0 Å². The molecule has 0 aliphatic carbocycles. The van der Waals surface area contributed by atoms with Crippen molar-refractivity contribution in [3.05, 3.63) is 93.2 Å². The van der Waals surface area contributed by atoms with Gasteiger partial charge in [0.2, 0.25) is 5.91 Å². The van der Waals surface area contributed by atoms with Crippen molar-refractivity contribution < 1.29 is 4.79 Å². The molecule has 0 aliphatic heterocycles. The van der Waals surface area contributed by atoms with Crippen LogP contribution in [0.1, 0.15) is 18.1 Å². The van der Waals surface area contributed by atoms with Gasteiger partial charge in [-0.25, -0.2) is 4.98 Å². The molecule has 1 amide bonds.